The third-order valence-corrected chi connectivity index (χ3v) is 6.08. The maximum absolute atomic E-state index is 11.5. The molecular formula is C16H30N4O2S. The minimum absolute atomic E-state index is 0.244. The van der Waals surface area contributed by atoms with Gasteiger partial charge in [0, 0.05) is 32.7 Å². The summed E-state index contributed by atoms with van der Waals surface area (Å²) >= 11 is 0. The third kappa shape index (κ3) is 4.70. The molecule has 23 heavy (non-hydrogen) atoms. The van der Waals surface area contributed by atoms with E-state index in [1.54, 1.807) is 0 Å². The van der Waals surface area contributed by atoms with Crippen molar-refractivity contribution in [2.75, 3.05) is 37.0 Å². The zero-order valence-electron chi connectivity index (χ0n) is 15.0. The lowest BCUT2D eigenvalue weighted by atomic mass is 10.1. The number of hydrogen-bond acceptors (Lipinski definition) is 5. The summed E-state index contributed by atoms with van der Waals surface area (Å²) in [6.45, 7) is 8.80. The van der Waals surface area contributed by atoms with E-state index in [9.17, 15) is 8.42 Å². The molecule has 0 spiro atoms. The van der Waals surface area contributed by atoms with E-state index in [1.807, 2.05) is 21.0 Å². The molecule has 1 N–H and O–H groups in total. The van der Waals surface area contributed by atoms with Gasteiger partial charge in [-0.2, -0.15) is 5.10 Å². The molecule has 2 heterocycles. The van der Waals surface area contributed by atoms with Gasteiger partial charge in [0.1, 0.15) is 5.82 Å². The molecule has 7 heteroatoms. The van der Waals surface area contributed by atoms with Gasteiger partial charge in [-0.05, 0) is 31.7 Å². The highest BCUT2D eigenvalue weighted by Crippen LogP contribution is 2.24. The number of aromatic nitrogens is 2. The maximum atomic E-state index is 11.5. The van der Waals surface area contributed by atoms with Crippen molar-refractivity contribution in [2.24, 2.45) is 11.8 Å². The SMILES string of the molecule is Cc1nn(CC(C)C)c(N(C)C)c1CNC[C@H]1CCS(=O)(=O)C1. The Bertz CT molecular complexity index is 635. The van der Waals surface area contributed by atoms with Crippen LogP contribution in [0, 0.1) is 18.8 Å². The molecule has 0 aliphatic carbocycles. The zero-order chi connectivity index (χ0) is 17.2. The second kappa shape index (κ2) is 7.21. The van der Waals surface area contributed by atoms with Crippen molar-refractivity contribution in [3.63, 3.8) is 0 Å². The lowest BCUT2D eigenvalue weighted by molar-refractivity contribution is 0.481. The first-order chi connectivity index (χ1) is 10.7. The van der Waals surface area contributed by atoms with Crippen LogP contribution in [0.2, 0.25) is 0 Å². The fourth-order valence-corrected chi connectivity index (χ4v) is 5.08. The quantitative estimate of drug-likeness (QED) is 0.812. The Kier molecular flexibility index (Phi) is 5.73. The van der Waals surface area contributed by atoms with Crippen LogP contribution in [0.5, 0.6) is 0 Å². The highest BCUT2D eigenvalue weighted by Gasteiger charge is 2.27. The third-order valence-electron chi connectivity index (χ3n) is 4.25. The average Bonchev–Trinajstić information content (AvgIpc) is 2.89. The van der Waals surface area contributed by atoms with Gasteiger partial charge in [-0.25, -0.2) is 13.1 Å². The second-order valence-electron chi connectivity index (χ2n) is 7.26. The van der Waals surface area contributed by atoms with E-state index in [0.29, 0.717) is 17.4 Å². The van der Waals surface area contributed by atoms with E-state index >= 15 is 0 Å². The van der Waals surface area contributed by atoms with Gasteiger partial charge in [-0.15, -0.1) is 0 Å². The van der Waals surface area contributed by atoms with E-state index in [-0.39, 0.29) is 5.92 Å². The Balaban J connectivity index is 2.03. The largest absolute Gasteiger partial charge is 0.363 e. The Morgan fingerprint density at radius 3 is 2.61 bits per heavy atom. The van der Waals surface area contributed by atoms with Crippen LogP contribution in [0.1, 0.15) is 31.5 Å². The number of hydrogen-bond donors (Lipinski definition) is 1. The van der Waals surface area contributed by atoms with Crippen LogP contribution in [0.15, 0.2) is 0 Å². The number of nitrogens with zero attached hydrogens (tertiary/aromatic N) is 3. The van der Waals surface area contributed by atoms with E-state index in [0.717, 1.165) is 37.6 Å². The average molecular weight is 343 g/mol. The Hall–Kier alpha value is -1.08. The van der Waals surface area contributed by atoms with Gasteiger partial charge in [-0.3, -0.25) is 0 Å². The fraction of sp³-hybridized carbons (Fsp3) is 0.812. The highest BCUT2D eigenvalue weighted by molar-refractivity contribution is 7.91. The minimum atomic E-state index is -2.79. The van der Waals surface area contributed by atoms with Crippen molar-refractivity contribution < 1.29 is 8.42 Å². The van der Waals surface area contributed by atoms with Crippen LogP contribution in [0.4, 0.5) is 5.82 Å². The van der Waals surface area contributed by atoms with Crippen LogP contribution in [-0.2, 0) is 22.9 Å². The Morgan fingerprint density at radius 2 is 2.09 bits per heavy atom. The molecule has 1 saturated heterocycles. The van der Waals surface area contributed by atoms with E-state index in [1.165, 1.54) is 5.56 Å². The van der Waals surface area contributed by atoms with E-state index in [2.05, 4.69) is 33.8 Å². The molecule has 0 unspecified atom stereocenters. The van der Waals surface area contributed by atoms with Crippen LogP contribution in [0.3, 0.4) is 0 Å². The maximum Gasteiger partial charge on any atom is 0.150 e. The normalized spacial score (nSPS) is 20.3. The predicted octanol–water partition coefficient (Wildman–Crippen LogP) is 1.44. The summed E-state index contributed by atoms with van der Waals surface area (Å²) in [7, 11) is 1.29. The summed E-state index contributed by atoms with van der Waals surface area (Å²) in [5, 5.41) is 8.12. The molecule has 1 atom stereocenters. The molecule has 132 valence electrons. The Morgan fingerprint density at radius 1 is 1.39 bits per heavy atom. The number of aryl methyl sites for hydroxylation is 1. The van der Waals surface area contributed by atoms with Crippen molar-refractivity contribution in [3.8, 4) is 0 Å². The summed E-state index contributed by atoms with van der Waals surface area (Å²) in [5.41, 5.74) is 2.25. The molecule has 1 aliphatic rings. The molecule has 1 aromatic rings. The topological polar surface area (TPSA) is 67.2 Å². The number of rotatable bonds is 7. The molecule has 0 radical (unpaired) electrons. The van der Waals surface area contributed by atoms with Crippen molar-refractivity contribution in [1.29, 1.82) is 0 Å². The first kappa shape index (κ1) is 18.3. The first-order valence-electron chi connectivity index (χ1n) is 8.34. The van der Waals surface area contributed by atoms with Gasteiger partial charge in [0.2, 0.25) is 0 Å². The zero-order valence-corrected chi connectivity index (χ0v) is 15.8. The van der Waals surface area contributed by atoms with Crippen LogP contribution >= 0.6 is 0 Å². The standard InChI is InChI=1S/C16H30N4O2S/c1-12(2)10-20-16(19(4)5)15(13(3)18-20)9-17-8-14-6-7-23(21,22)11-14/h12,14,17H,6-11H2,1-5H3/t14-/m1/s1. The van der Waals surface area contributed by atoms with E-state index in [4.69, 9.17) is 0 Å². The van der Waals surface area contributed by atoms with Crippen LogP contribution < -0.4 is 10.2 Å². The fourth-order valence-electron chi connectivity index (χ4n) is 3.22. The lowest BCUT2D eigenvalue weighted by Crippen LogP contribution is -2.25. The summed E-state index contributed by atoms with van der Waals surface area (Å²) in [4.78, 5) is 2.11. The molecular weight excluding hydrogens is 312 g/mol. The molecule has 1 aromatic heterocycles. The predicted molar refractivity (Wildman–Crippen MR) is 94.6 cm³/mol. The second-order valence-corrected chi connectivity index (χ2v) is 9.49. The number of nitrogens with one attached hydrogen (secondary N) is 1. The summed E-state index contributed by atoms with van der Waals surface area (Å²) in [6.07, 6.45) is 0.779. The van der Waals surface area contributed by atoms with Crippen LogP contribution in [-0.4, -0.2) is 50.3 Å². The highest BCUT2D eigenvalue weighted by atomic mass is 32.2. The monoisotopic (exact) mass is 342 g/mol. The molecule has 2 rings (SSSR count). The molecule has 0 aromatic carbocycles. The molecule has 0 saturated carbocycles. The molecule has 6 nitrogen and oxygen atoms in total. The molecule has 0 bridgehead atoms. The van der Waals surface area contributed by atoms with Crippen molar-refractivity contribution >= 4 is 15.7 Å². The molecule has 1 fully saturated rings. The van der Waals surface area contributed by atoms with E-state index < -0.39 is 9.84 Å². The summed E-state index contributed by atoms with van der Waals surface area (Å²) in [5.74, 6) is 2.59. The van der Waals surface area contributed by atoms with Gasteiger partial charge < -0.3 is 10.2 Å². The van der Waals surface area contributed by atoms with Crippen molar-refractivity contribution in [1.82, 2.24) is 15.1 Å². The van der Waals surface area contributed by atoms with Gasteiger partial charge in [-0.1, -0.05) is 13.8 Å². The van der Waals surface area contributed by atoms with Gasteiger partial charge in [0.15, 0.2) is 9.84 Å². The van der Waals surface area contributed by atoms with Crippen LogP contribution in [0.25, 0.3) is 0 Å². The first-order valence-corrected chi connectivity index (χ1v) is 10.2. The summed E-state index contributed by atoms with van der Waals surface area (Å²) < 4.78 is 25.1. The van der Waals surface area contributed by atoms with Gasteiger partial charge in [0.25, 0.3) is 0 Å². The lowest BCUT2D eigenvalue weighted by Gasteiger charge is -2.19. The Labute approximate surface area is 140 Å². The molecule has 0 amide bonds. The minimum Gasteiger partial charge on any atom is -0.363 e. The number of sulfone groups is 1. The summed E-state index contributed by atoms with van der Waals surface area (Å²) in [6, 6.07) is 0. The van der Waals surface area contributed by atoms with Gasteiger partial charge in [0.05, 0.1) is 17.2 Å². The van der Waals surface area contributed by atoms with Crippen molar-refractivity contribution in [2.45, 2.75) is 40.3 Å². The number of anilines is 1. The smallest absolute Gasteiger partial charge is 0.150 e. The van der Waals surface area contributed by atoms with Gasteiger partial charge >= 0.3 is 0 Å². The molecule has 1 aliphatic heterocycles. The van der Waals surface area contributed by atoms with Crippen molar-refractivity contribution in [3.05, 3.63) is 11.3 Å².